The van der Waals surface area contributed by atoms with Crippen LogP contribution >= 0.6 is 0 Å². The van der Waals surface area contributed by atoms with Crippen LogP contribution in [0.15, 0.2) is 179 Å². The zero-order chi connectivity index (χ0) is 32.8. The van der Waals surface area contributed by atoms with Crippen LogP contribution in [0.1, 0.15) is 0 Å². The van der Waals surface area contributed by atoms with E-state index in [1.54, 1.807) is 0 Å². The molecular weight excluding hydrogens is 613 g/mol. The molecule has 0 fully saturated rings. The van der Waals surface area contributed by atoms with Crippen molar-refractivity contribution in [2.75, 3.05) is 4.90 Å². The molecule has 0 spiro atoms. The van der Waals surface area contributed by atoms with Gasteiger partial charge in [0.15, 0.2) is 5.58 Å². The number of nitrogens with zero attached hydrogens (tertiary/aromatic N) is 2. The van der Waals surface area contributed by atoms with Crippen LogP contribution in [-0.2, 0) is 0 Å². The van der Waals surface area contributed by atoms with E-state index in [4.69, 9.17) is 8.83 Å². The van der Waals surface area contributed by atoms with Gasteiger partial charge in [-0.05, 0) is 83.6 Å². The van der Waals surface area contributed by atoms with Crippen LogP contribution < -0.4 is 4.90 Å². The van der Waals surface area contributed by atoms with Gasteiger partial charge in [-0.25, -0.2) is 0 Å². The Morgan fingerprint density at radius 1 is 0.380 bits per heavy atom. The van der Waals surface area contributed by atoms with E-state index in [0.29, 0.717) is 0 Å². The lowest BCUT2D eigenvalue weighted by atomic mass is 10.0. The van der Waals surface area contributed by atoms with Gasteiger partial charge in [0, 0.05) is 49.4 Å². The Morgan fingerprint density at radius 3 is 1.90 bits per heavy atom. The second-order valence-electron chi connectivity index (χ2n) is 13.0. The molecular formula is C46H28N2O2. The minimum atomic E-state index is 0.855. The number of para-hydroxylation sites is 5. The van der Waals surface area contributed by atoms with Gasteiger partial charge in [-0.2, -0.15) is 0 Å². The van der Waals surface area contributed by atoms with Gasteiger partial charge in [-0.3, -0.25) is 0 Å². The molecule has 0 bridgehead atoms. The molecule has 3 heterocycles. The highest BCUT2D eigenvalue weighted by molar-refractivity contribution is 6.14. The molecule has 0 unspecified atom stereocenters. The maximum absolute atomic E-state index is 6.66. The van der Waals surface area contributed by atoms with Crippen LogP contribution in [-0.4, -0.2) is 4.57 Å². The lowest BCUT2D eigenvalue weighted by molar-refractivity contribution is 0.669. The van der Waals surface area contributed by atoms with Crippen LogP contribution in [0.2, 0.25) is 0 Å². The summed E-state index contributed by atoms with van der Waals surface area (Å²) in [7, 11) is 0. The first-order chi connectivity index (χ1) is 24.8. The van der Waals surface area contributed by atoms with Crippen molar-refractivity contribution in [3.63, 3.8) is 0 Å². The summed E-state index contributed by atoms with van der Waals surface area (Å²) in [5.74, 6) is 0. The highest BCUT2D eigenvalue weighted by Crippen LogP contribution is 2.45. The normalized spacial score (nSPS) is 12.0. The quantitative estimate of drug-likeness (QED) is 0.192. The van der Waals surface area contributed by atoms with E-state index in [2.05, 4.69) is 155 Å². The number of hydrogen-bond acceptors (Lipinski definition) is 3. The Morgan fingerprint density at radius 2 is 1.04 bits per heavy atom. The van der Waals surface area contributed by atoms with Crippen molar-refractivity contribution in [2.45, 2.75) is 0 Å². The molecule has 0 saturated heterocycles. The summed E-state index contributed by atoms with van der Waals surface area (Å²) in [4.78, 5) is 2.34. The van der Waals surface area contributed by atoms with Crippen LogP contribution in [0.3, 0.4) is 0 Å². The summed E-state index contributed by atoms with van der Waals surface area (Å²) < 4.78 is 15.3. The highest BCUT2D eigenvalue weighted by atomic mass is 16.3. The molecule has 0 aliphatic carbocycles. The topological polar surface area (TPSA) is 34.5 Å². The van der Waals surface area contributed by atoms with Crippen molar-refractivity contribution in [1.82, 2.24) is 4.57 Å². The second-order valence-corrected chi connectivity index (χ2v) is 13.0. The van der Waals surface area contributed by atoms with E-state index < -0.39 is 0 Å². The molecule has 0 radical (unpaired) electrons. The molecule has 0 N–H and O–H groups in total. The number of rotatable bonds is 4. The standard InChI is InChI=1S/C46H28N2O2/c1-2-11-31(12-3-1)48-40-17-7-4-13-34(40)35-24-23-33(28-42(35)48)47(41-18-10-16-38-36-14-5-9-20-44(36)50-46(38)41)32-22-21-29-27-45-39(26-30(29)25-32)37-15-6-8-19-43(37)49-45/h1-28H. The molecule has 3 aromatic heterocycles. The third kappa shape index (κ3) is 3.93. The average molecular weight is 641 g/mol. The third-order valence-corrected chi connectivity index (χ3v) is 10.1. The molecule has 4 nitrogen and oxygen atoms in total. The van der Waals surface area contributed by atoms with E-state index in [9.17, 15) is 0 Å². The van der Waals surface area contributed by atoms with Crippen LogP contribution in [0, 0.1) is 0 Å². The van der Waals surface area contributed by atoms with Crippen molar-refractivity contribution >= 4 is 93.5 Å². The molecule has 0 saturated carbocycles. The minimum absolute atomic E-state index is 0.855. The first-order valence-electron chi connectivity index (χ1n) is 16.9. The average Bonchev–Trinajstić information content (AvgIpc) is 3.84. The number of fused-ring (bicyclic) bond motifs is 10. The third-order valence-electron chi connectivity index (χ3n) is 10.1. The molecule has 0 atom stereocenters. The number of aromatic nitrogens is 1. The summed E-state index contributed by atoms with van der Waals surface area (Å²) in [5.41, 5.74) is 10.0. The molecule has 4 heteroatoms. The Bertz CT molecular complexity index is 3110. The smallest absolute Gasteiger partial charge is 0.159 e. The zero-order valence-electron chi connectivity index (χ0n) is 26.9. The summed E-state index contributed by atoms with van der Waals surface area (Å²) in [6, 6.07) is 60.2. The van der Waals surface area contributed by atoms with Gasteiger partial charge in [0.05, 0.1) is 16.7 Å². The SMILES string of the molecule is c1ccc(-n2c3ccccc3c3ccc(N(c4ccc5cc6oc7ccccc7c6cc5c4)c4cccc5c4oc4ccccc45)cc32)cc1. The van der Waals surface area contributed by atoms with E-state index in [0.717, 1.165) is 82.9 Å². The lowest BCUT2D eigenvalue weighted by Crippen LogP contribution is -2.10. The largest absolute Gasteiger partial charge is 0.456 e. The second kappa shape index (κ2) is 10.4. The Labute approximate surface area is 286 Å². The Kier molecular flexibility index (Phi) is 5.63. The molecule has 11 aromatic rings. The summed E-state index contributed by atoms with van der Waals surface area (Å²) in [6.07, 6.45) is 0. The van der Waals surface area contributed by atoms with Gasteiger partial charge in [0.2, 0.25) is 0 Å². The van der Waals surface area contributed by atoms with E-state index in [-0.39, 0.29) is 0 Å². The van der Waals surface area contributed by atoms with Gasteiger partial charge in [-0.1, -0.05) is 97.1 Å². The summed E-state index contributed by atoms with van der Waals surface area (Å²) in [6.45, 7) is 0. The molecule has 0 aliphatic heterocycles. The monoisotopic (exact) mass is 640 g/mol. The number of anilines is 3. The van der Waals surface area contributed by atoms with Gasteiger partial charge in [-0.15, -0.1) is 0 Å². The first-order valence-corrected chi connectivity index (χ1v) is 16.9. The van der Waals surface area contributed by atoms with Crippen molar-refractivity contribution in [3.8, 4) is 5.69 Å². The zero-order valence-corrected chi connectivity index (χ0v) is 26.9. The van der Waals surface area contributed by atoms with Crippen LogP contribution in [0.5, 0.6) is 0 Å². The Balaban J connectivity index is 1.20. The van der Waals surface area contributed by atoms with Crippen LogP contribution in [0.25, 0.3) is 82.1 Å². The van der Waals surface area contributed by atoms with E-state index >= 15 is 0 Å². The fourth-order valence-corrected chi connectivity index (χ4v) is 7.88. The molecule has 8 aromatic carbocycles. The molecule has 50 heavy (non-hydrogen) atoms. The lowest BCUT2D eigenvalue weighted by Gasteiger charge is -2.26. The highest BCUT2D eigenvalue weighted by Gasteiger charge is 2.22. The maximum Gasteiger partial charge on any atom is 0.159 e. The number of hydrogen-bond donors (Lipinski definition) is 0. The predicted octanol–water partition coefficient (Wildman–Crippen LogP) is 13.2. The minimum Gasteiger partial charge on any atom is -0.456 e. The van der Waals surface area contributed by atoms with E-state index in [1.807, 2.05) is 24.3 Å². The number of furan rings is 2. The Hall–Kier alpha value is -6.78. The summed E-state index contributed by atoms with van der Waals surface area (Å²) >= 11 is 0. The molecule has 0 amide bonds. The van der Waals surface area contributed by atoms with Crippen molar-refractivity contribution in [2.24, 2.45) is 0 Å². The maximum atomic E-state index is 6.66. The van der Waals surface area contributed by atoms with E-state index in [1.165, 1.54) is 16.3 Å². The predicted molar refractivity (Wildman–Crippen MR) is 208 cm³/mol. The van der Waals surface area contributed by atoms with Gasteiger partial charge in [0.25, 0.3) is 0 Å². The molecule has 234 valence electrons. The van der Waals surface area contributed by atoms with Crippen molar-refractivity contribution < 1.29 is 8.83 Å². The van der Waals surface area contributed by atoms with Crippen molar-refractivity contribution in [3.05, 3.63) is 170 Å². The fraction of sp³-hybridized carbons (Fsp3) is 0. The first kappa shape index (κ1) is 27.2. The molecule has 0 aliphatic rings. The fourth-order valence-electron chi connectivity index (χ4n) is 7.88. The van der Waals surface area contributed by atoms with Gasteiger partial charge < -0.3 is 18.3 Å². The van der Waals surface area contributed by atoms with Gasteiger partial charge in [0.1, 0.15) is 16.7 Å². The van der Waals surface area contributed by atoms with Crippen molar-refractivity contribution in [1.29, 1.82) is 0 Å². The summed E-state index contributed by atoms with van der Waals surface area (Å²) in [5, 5.41) is 9.15. The van der Waals surface area contributed by atoms with Crippen LogP contribution in [0.4, 0.5) is 17.1 Å². The number of benzene rings is 8. The molecule has 11 rings (SSSR count). The van der Waals surface area contributed by atoms with Gasteiger partial charge >= 0.3 is 0 Å².